The number of nitrogens with one attached hydrogen (secondary N) is 2. The molecule has 10 nitrogen and oxygen atoms in total. The lowest BCUT2D eigenvalue weighted by molar-refractivity contribution is 0.262. The molecule has 0 unspecified atom stereocenters. The molecular formula is C23H25FN8O2. The number of hydrogen-bond acceptors (Lipinski definition) is 6. The van der Waals surface area contributed by atoms with Crippen LogP contribution in [0.1, 0.15) is 26.3 Å². The number of anilines is 2. The molecule has 0 radical (unpaired) electrons. The zero-order chi connectivity index (χ0) is 24.5. The van der Waals surface area contributed by atoms with E-state index < -0.39 is 11.8 Å². The van der Waals surface area contributed by atoms with E-state index in [0.29, 0.717) is 22.8 Å². The third kappa shape index (κ3) is 5.20. The summed E-state index contributed by atoms with van der Waals surface area (Å²) in [6.07, 6.45) is 6.82. The Morgan fingerprint density at radius 2 is 1.97 bits per heavy atom. The maximum absolute atomic E-state index is 14.6. The number of hydrogen-bond donors (Lipinski definition) is 2. The molecule has 1 aromatic carbocycles. The Hall–Kier alpha value is -4.28. The van der Waals surface area contributed by atoms with Crippen LogP contribution in [0.5, 0.6) is 11.8 Å². The molecule has 3 heterocycles. The SMILES string of the molecule is Cc1cc(F)c(NC(=O)Nc2ccn(C(C)(C)C)n2)cc1Oc1nccc(-c2cnn(C)c2)n1. The van der Waals surface area contributed by atoms with Gasteiger partial charge in [0.25, 0.3) is 0 Å². The van der Waals surface area contributed by atoms with E-state index in [9.17, 15) is 9.18 Å². The van der Waals surface area contributed by atoms with Gasteiger partial charge in [-0.05, 0) is 45.4 Å². The maximum Gasteiger partial charge on any atom is 0.324 e. The Morgan fingerprint density at radius 3 is 2.65 bits per heavy atom. The van der Waals surface area contributed by atoms with Crippen molar-refractivity contribution in [3.05, 3.63) is 60.4 Å². The van der Waals surface area contributed by atoms with E-state index in [2.05, 4.69) is 30.8 Å². The van der Waals surface area contributed by atoms with Crippen LogP contribution in [0.15, 0.2) is 49.1 Å². The minimum Gasteiger partial charge on any atom is -0.424 e. The summed E-state index contributed by atoms with van der Waals surface area (Å²) in [4.78, 5) is 21.0. The molecule has 2 N–H and O–H groups in total. The first-order valence-corrected chi connectivity index (χ1v) is 10.5. The van der Waals surface area contributed by atoms with Crippen molar-refractivity contribution in [2.45, 2.75) is 33.2 Å². The summed E-state index contributed by atoms with van der Waals surface area (Å²) < 4.78 is 23.8. The van der Waals surface area contributed by atoms with Gasteiger partial charge in [0, 0.05) is 43.3 Å². The Labute approximate surface area is 195 Å². The second-order valence-corrected chi connectivity index (χ2v) is 8.72. The molecule has 0 aliphatic carbocycles. The molecule has 0 spiro atoms. The van der Waals surface area contributed by atoms with Gasteiger partial charge in [0.05, 0.1) is 23.1 Å². The molecule has 0 saturated heterocycles. The van der Waals surface area contributed by atoms with Gasteiger partial charge < -0.3 is 10.1 Å². The summed E-state index contributed by atoms with van der Waals surface area (Å²) in [7, 11) is 1.81. The second-order valence-electron chi connectivity index (χ2n) is 8.72. The van der Waals surface area contributed by atoms with Crippen molar-refractivity contribution in [1.29, 1.82) is 0 Å². The van der Waals surface area contributed by atoms with E-state index in [1.165, 1.54) is 12.1 Å². The van der Waals surface area contributed by atoms with E-state index in [0.717, 1.165) is 5.56 Å². The standard InChI is InChI=1S/C23H25FN8O2/c1-14-10-16(24)18(27-21(33)29-20-7-9-32(30-20)23(2,3)4)11-19(14)34-22-25-8-6-17(28-22)15-12-26-31(5)13-15/h6-13H,1-5H3,(H2,27,29,30,33). The normalized spacial score (nSPS) is 11.4. The van der Waals surface area contributed by atoms with E-state index in [1.54, 1.807) is 47.0 Å². The van der Waals surface area contributed by atoms with Crippen LogP contribution in [0, 0.1) is 12.7 Å². The van der Waals surface area contributed by atoms with Crippen molar-refractivity contribution in [1.82, 2.24) is 29.5 Å². The number of amides is 2. The van der Waals surface area contributed by atoms with Gasteiger partial charge in [-0.15, -0.1) is 0 Å². The van der Waals surface area contributed by atoms with Gasteiger partial charge in [-0.2, -0.15) is 15.2 Å². The van der Waals surface area contributed by atoms with Gasteiger partial charge in [-0.3, -0.25) is 14.7 Å². The Kier molecular flexibility index (Phi) is 6.01. The molecule has 0 fully saturated rings. The quantitative estimate of drug-likeness (QED) is 0.442. The third-order valence-corrected chi connectivity index (χ3v) is 4.87. The van der Waals surface area contributed by atoms with Gasteiger partial charge in [0.1, 0.15) is 11.6 Å². The molecule has 176 valence electrons. The number of carbonyl (C=O) groups excluding carboxylic acids is 1. The molecule has 4 rings (SSSR count). The number of aromatic nitrogens is 6. The summed E-state index contributed by atoms with van der Waals surface area (Å²) in [5, 5.41) is 13.5. The Bertz CT molecular complexity index is 1340. The fourth-order valence-corrected chi connectivity index (χ4v) is 3.10. The number of nitrogens with zero attached hydrogens (tertiary/aromatic N) is 6. The Morgan fingerprint density at radius 1 is 1.18 bits per heavy atom. The first-order chi connectivity index (χ1) is 16.1. The molecule has 4 aromatic rings. The molecule has 0 aliphatic rings. The van der Waals surface area contributed by atoms with Gasteiger partial charge in [0.15, 0.2) is 5.82 Å². The van der Waals surface area contributed by atoms with E-state index >= 15 is 0 Å². The topological polar surface area (TPSA) is 112 Å². The number of rotatable bonds is 5. The highest BCUT2D eigenvalue weighted by atomic mass is 19.1. The number of carbonyl (C=O) groups is 1. The number of benzene rings is 1. The first kappa shape index (κ1) is 22.9. The summed E-state index contributed by atoms with van der Waals surface area (Å²) in [5.74, 6) is 0.0410. The molecule has 0 aliphatic heterocycles. The summed E-state index contributed by atoms with van der Waals surface area (Å²) in [6, 6.07) is 5.50. The van der Waals surface area contributed by atoms with Crippen LogP contribution in [0.25, 0.3) is 11.3 Å². The van der Waals surface area contributed by atoms with Crippen LogP contribution in [0.4, 0.5) is 20.7 Å². The van der Waals surface area contributed by atoms with Crippen molar-refractivity contribution in [2.24, 2.45) is 7.05 Å². The maximum atomic E-state index is 14.6. The highest BCUT2D eigenvalue weighted by Crippen LogP contribution is 2.29. The fraction of sp³-hybridized carbons (Fsp3) is 0.261. The van der Waals surface area contributed by atoms with E-state index in [-0.39, 0.29) is 17.2 Å². The molecule has 0 atom stereocenters. The van der Waals surface area contributed by atoms with E-state index in [4.69, 9.17) is 4.74 Å². The van der Waals surface area contributed by atoms with Gasteiger partial charge in [0.2, 0.25) is 0 Å². The monoisotopic (exact) mass is 464 g/mol. The van der Waals surface area contributed by atoms with Crippen LogP contribution >= 0.6 is 0 Å². The molecule has 11 heteroatoms. The average molecular weight is 465 g/mol. The van der Waals surface area contributed by atoms with Crippen molar-refractivity contribution in [2.75, 3.05) is 10.6 Å². The van der Waals surface area contributed by atoms with Crippen LogP contribution in [0.3, 0.4) is 0 Å². The van der Waals surface area contributed by atoms with Gasteiger partial charge in [-0.25, -0.2) is 14.2 Å². The number of aryl methyl sites for hydroxylation is 2. The van der Waals surface area contributed by atoms with Crippen LogP contribution < -0.4 is 15.4 Å². The lowest BCUT2D eigenvalue weighted by Crippen LogP contribution is -2.24. The smallest absolute Gasteiger partial charge is 0.324 e. The van der Waals surface area contributed by atoms with Crippen LogP contribution in [0.2, 0.25) is 0 Å². The minimum absolute atomic E-state index is 0.0585. The molecule has 34 heavy (non-hydrogen) atoms. The molecule has 0 bridgehead atoms. The fourth-order valence-electron chi connectivity index (χ4n) is 3.10. The summed E-state index contributed by atoms with van der Waals surface area (Å²) >= 11 is 0. The highest BCUT2D eigenvalue weighted by molar-refractivity contribution is 5.99. The lowest BCUT2D eigenvalue weighted by Gasteiger charge is -2.18. The summed E-state index contributed by atoms with van der Waals surface area (Å²) in [6.45, 7) is 7.65. The lowest BCUT2D eigenvalue weighted by atomic mass is 10.1. The molecular weight excluding hydrogens is 439 g/mol. The third-order valence-electron chi connectivity index (χ3n) is 4.87. The van der Waals surface area contributed by atoms with Crippen LogP contribution in [-0.4, -0.2) is 35.6 Å². The molecule has 3 aromatic heterocycles. The zero-order valence-electron chi connectivity index (χ0n) is 19.5. The number of halogens is 1. The predicted octanol–water partition coefficient (Wildman–Crippen LogP) is 4.71. The highest BCUT2D eigenvalue weighted by Gasteiger charge is 2.17. The van der Waals surface area contributed by atoms with Crippen molar-refractivity contribution >= 4 is 17.5 Å². The number of ether oxygens (including phenoxy) is 1. The molecule has 2 amide bonds. The number of urea groups is 1. The van der Waals surface area contributed by atoms with Gasteiger partial charge >= 0.3 is 12.0 Å². The Balaban J connectivity index is 1.50. The molecule has 0 saturated carbocycles. The van der Waals surface area contributed by atoms with Crippen molar-refractivity contribution in [3.8, 4) is 23.0 Å². The summed E-state index contributed by atoms with van der Waals surface area (Å²) in [5.41, 5.74) is 1.66. The van der Waals surface area contributed by atoms with E-state index in [1.807, 2.05) is 34.0 Å². The first-order valence-electron chi connectivity index (χ1n) is 10.5. The largest absolute Gasteiger partial charge is 0.424 e. The zero-order valence-corrected chi connectivity index (χ0v) is 19.5. The van der Waals surface area contributed by atoms with Gasteiger partial charge in [-0.1, -0.05) is 0 Å². The van der Waals surface area contributed by atoms with Crippen molar-refractivity contribution < 1.29 is 13.9 Å². The average Bonchev–Trinajstić information content (AvgIpc) is 3.41. The minimum atomic E-state index is -0.636. The second kappa shape index (κ2) is 8.93. The predicted molar refractivity (Wildman–Crippen MR) is 125 cm³/mol. The van der Waals surface area contributed by atoms with Crippen LogP contribution in [-0.2, 0) is 12.6 Å². The van der Waals surface area contributed by atoms with Crippen molar-refractivity contribution in [3.63, 3.8) is 0 Å².